The SMILES string of the molecule is CSc1nc(C)c(CCC(=O)N2CCC(Cc3ccccc3)CC2)c(=O)[nH]1. The summed E-state index contributed by atoms with van der Waals surface area (Å²) in [6.45, 7) is 3.47. The van der Waals surface area contributed by atoms with Gasteiger partial charge in [0, 0.05) is 30.8 Å². The minimum Gasteiger partial charge on any atom is -0.343 e. The highest BCUT2D eigenvalue weighted by Gasteiger charge is 2.23. The number of aromatic nitrogens is 2. The van der Waals surface area contributed by atoms with Gasteiger partial charge < -0.3 is 9.88 Å². The molecule has 0 aliphatic carbocycles. The van der Waals surface area contributed by atoms with Crippen LogP contribution >= 0.6 is 11.8 Å². The zero-order chi connectivity index (χ0) is 19.2. The van der Waals surface area contributed by atoms with Crippen LogP contribution in [0.5, 0.6) is 0 Å². The van der Waals surface area contributed by atoms with Gasteiger partial charge >= 0.3 is 0 Å². The number of hydrogen-bond donors (Lipinski definition) is 1. The Balaban J connectivity index is 1.49. The predicted octanol–water partition coefficient (Wildman–Crippen LogP) is 3.21. The van der Waals surface area contributed by atoms with Gasteiger partial charge in [-0.3, -0.25) is 9.59 Å². The van der Waals surface area contributed by atoms with E-state index in [1.165, 1.54) is 17.3 Å². The summed E-state index contributed by atoms with van der Waals surface area (Å²) in [5.41, 5.74) is 2.59. The lowest BCUT2D eigenvalue weighted by atomic mass is 9.90. The van der Waals surface area contributed by atoms with Crippen molar-refractivity contribution in [3.63, 3.8) is 0 Å². The van der Waals surface area contributed by atoms with Crippen LogP contribution in [0.1, 0.15) is 36.1 Å². The van der Waals surface area contributed by atoms with Crippen LogP contribution in [0.25, 0.3) is 0 Å². The molecule has 0 atom stereocenters. The van der Waals surface area contributed by atoms with Crippen molar-refractivity contribution in [2.75, 3.05) is 19.3 Å². The third-order valence-corrected chi connectivity index (χ3v) is 5.90. The van der Waals surface area contributed by atoms with E-state index in [2.05, 4.69) is 34.2 Å². The third-order valence-electron chi connectivity index (χ3n) is 5.32. The van der Waals surface area contributed by atoms with Crippen LogP contribution in [0.3, 0.4) is 0 Å². The van der Waals surface area contributed by atoms with Crippen molar-refractivity contribution in [2.45, 2.75) is 44.2 Å². The summed E-state index contributed by atoms with van der Waals surface area (Å²) >= 11 is 1.41. The Morgan fingerprint density at radius 3 is 2.59 bits per heavy atom. The first-order valence-corrected chi connectivity index (χ1v) is 10.7. The lowest BCUT2D eigenvalue weighted by molar-refractivity contribution is -0.132. The average Bonchev–Trinajstić information content (AvgIpc) is 2.68. The quantitative estimate of drug-likeness (QED) is 0.612. The molecular formula is C21H27N3O2S. The molecule has 1 N–H and O–H groups in total. The van der Waals surface area contributed by atoms with E-state index in [1.54, 1.807) is 0 Å². The van der Waals surface area contributed by atoms with Gasteiger partial charge in [-0.2, -0.15) is 0 Å². The number of piperidine rings is 1. The number of thioether (sulfide) groups is 1. The van der Waals surface area contributed by atoms with E-state index in [1.807, 2.05) is 24.1 Å². The minimum absolute atomic E-state index is 0.124. The smallest absolute Gasteiger partial charge is 0.254 e. The van der Waals surface area contributed by atoms with Crippen LogP contribution in [0, 0.1) is 12.8 Å². The summed E-state index contributed by atoms with van der Waals surface area (Å²) in [6.07, 6.45) is 5.88. The van der Waals surface area contributed by atoms with Gasteiger partial charge in [-0.25, -0.2) is 4.98 Å². The molecule has 0 spiro atoms. The van der Waals surface area contributed by atoms with Crippen LogP contribution < -0.4 is 5.56 Å². The zero-order valence-electron chi connectivity index (χ0n) is 16.0. The zero-order valence-corrected chi connectivity index (χ0v) is 16.8. The lowest BCUT2D eigenvalue weighted by Gasteiger charge is -2.32. The molecule has 3 rings (SSSR count). The van der Waals surface area contributed by atoms with E-state index >= 15 is 0 Å². The number of carbonyl (C=O) groups is 1. The summed E-state index contributed by atoms with van der Waals surface area (Å²) < 4.78 is 0. The van der Waals surface area contributed by atoms with Crippen LogP contribution in [-0.2, 0) is 17.6 Å². The Morgan fingerprint density at radius 2 is 1.96 bits per heavy atom. The number of aromatic amines is 1. The summed E-state index contributed by atoms with van der Waals surface area (Å²) in [7, 11) is 0. The van der Waals surface area contributed by atoms with Gasteiger partial charge in [-0.05, 0) is 50.3 Å². The number of amides is 1. The molecular weight excluding hydrogens is 358 g/mol. The first kappa shape index (κ1) is 19.7. The maximum Gasteiger partial charge on any atom is 0.254 e. The van der Waals surface area contributed by atoms with Gasteiger partial charge in [-0.15, -0.1) is 0 Å². The number of H-pyrrole nitrogens is 1. The molecule has 1 amide bonds. The second kappa shape index (κ2) is 9.22. The highest BCUT2D eigenvalue weighted by atomic mass is 32.2. The third kappa shape index (κ3) is 5.22. The van der Waals surface area contributed by atoms with E-state index < -0.39 is 0 Å². The second-order valence-corrected chi connectivity index (χ2v) is 7.95. The molecule has 0 unspecified atom stereocenters. The van der Waals surface area contributed by atoms with Crippen LogP contribution in [0.4, 0.5) is 0 Å². The van der Waals surface area contributed by atoms with Crippen LogP contribution in [0.15, 0.2) is 40.3 Å². The standard InChI is InChI=1S/C21H27N3O2S/c1-15-18(20(26)23-21(22-15)27-2)8-9-19(25)24-12-10-17(11-13-24)14-16-6-4-3-5-7-16/h3-7,17H,8-14H2,1-2H3,(H,22,23,26). The monoisotopic (exact) mass is 385 g/mol. The molecule has 6 heteroatoms. The summed E-state index contributed by atoms with van der Waals surface area (Å²) in [5.74, 6) is 0.783. The average molecular weight is 386 g/mol. The number of hydrogen-bond acceptors (Lipinski definition) is 4. The molecule has 2 aromatic rings. The van der Waals surface area contributed by atoms with Crippen LogP contribution in [0.2, 0.25) is 0 Å². The number of benzene rings is 1. The number of rotatable bonds is 6. The molecule has 1 aliphatic rings. The predicted molar refractivity (Wildman–Crippen MR) is 109 cm³/mol. The van der Waals surface area contributed by atoms with Gasteiger partial charge in [0.15, 0.2) is 5.16 Å². The van der Waals surface area contributed by atoms with Crippen molar-refractivity contribution in [3.8, 4) is 0 Å². The largest absolute Gasteiger partial charge is 0.343 e. The number of nitrogens with one attached hydrogen (secondary N) is 1. The number of nitrogens with zero attached hydrogens (tertiary/aromatic N) is 2. The van der Waals surface area contributed by atoms with Gasteiger partial charge in [0.25, 0.3) is 5.56 Å². The van der Waals surface area contributed by atoms with Gasteiger partial charge in [-0.1, -0.05) is 42.1 Å². The fraction of sp³-hybridized carbons (Fsp3) is 0.476. The molecule has 1 saturated heterocycles. The topological polar surface area (TPSA) is 66.1 Å². The van der Waals surface area contributed by atoms with Crippen molar-refractivity contribution in [3.05, 3.63) is 57.5 Å². The minimum atomic E-state index is -0.124. The molecule has 2 heterocycles. The second-order valence-electron chi connectivity index (χ2n) is 7.15. The molecule has 0 saturated carbocycles. The van der Waals surface area contributed by atoms with Crippen molar-refractivity contribution in [2.24, 2.45) is 5.92 Å². The number of likely N-dealkylation sites (tertiary alicyclic amines) is 1. The van der Waals surface area contributed by atoms with Gasteiger partial charge in [0.05, 0.1) is 0 Å². The highest BCUT2D eigenvalue weighted by Crippen LogP contribution is 2.22. The van der Waals surface area contributed by atoms with Crippen molar-refractivity contribution in [1.29, 1.82) is 0 Å². The first-order chi connectivity index (χ1) is 13.1. The summed E-state index contributed by atoms with van der Waals surface area (Å²) in [5, 5.41) is 0.619. The molecule has 5 nitrogen and oxygen atoms in total. The Bertz CT molecular complexity index is 827. The maximum atomic E-state index is 12.6. The number of aryl methyl sites for hydroxylation is 1. The molecule has 1 fully saturated rings. The normalized spacial score (nSPS) is 15.1. The fourth-order valence-corrected chi connectivity index (χ4v) is 4.12. The van der Waals surface area contributed by atoms with E-state index in [9.17, 15) is 9.59 Å². The molecule has 0 radical (unpaired) electrons. The first-order valence-electron chi connectivity index (χ1n) is 9.52. The van der Waals surface area contributed by atoms with Crippen molar-refractivity contribution in [1.82, 2.24) is 14.9 Å². The van der Waals surface area contributed by atoms with E-state index in [-0.39, 0.29) is 11.5 Å². The summed E-state index contributed by atoms with van der Waals surface area (Å²) in [6, 6.07) is 10.6. The van der Waals surface area contributed by atoms with E-state index in [0.29, 0.717) is 29.5 Å². The Morgan fingerprint density at radius 1 is 1.26 bits per heavy atom. The fourth-order valence-electron chi connectivity index (χ4n) is 3.70. The van der Waals surface area contributed by atoms with Crippen LogP contribution in [-0.4, -0.2) is 40.1 Å². The van der Waals surface area contributed by atoms with Crippen molar-refractivity contribution < 1.29 is 4.79 Å². The van der Waals surface area contributed by atoms with E-state index in [4.69, 9.17) is 0 Å². The molecule has 0 bridgehead atoms. The van der Waals surface area contributed by atoms with Crippen molar-refractivity contribution >= 4 is 17.7 Å². The number of carbonyl (C=O) groups excluding carboxylic acids is 1. The maximum absolute atomic E-state index is 12.6. The lowest BCUT2D eigenvalue weighted by Crippen LogP contribution is -2.39. The Kier molecular flexibility index (Phi) is 6.72. The van der Waals surface area contributed by atoms with E-state index in [0.717, 1.165) is 38.0 Å². The summed E-state index contributed by atoms with van der Waals surface area (Å²) in [4.78, 5) is 33.9. The Hall–Kier alpha value is -2.08. The molecule has 144 valence electrons. The Labute approximate surface area is 164 Å². The molecule has 1 aliphatic heterocycles. The van der Waals surface area contributed by atoms with Gasteiger partial charge in [0.2, 0.25) is 5.91 Å². The highest BCUT2D eigenvalue weighted by molar-refractivity contribution is 7.98. The molecule has 27 heavy (non-hydrogen) atoms. The van der Waals surface area contributed by atoms with Gasteiger partial charge in [0.1, 0.15) is 0 Å². The molecule has 1 aromatic carbocycles. The molecule has 1 aromatic heterocycles.